The SMILES string of the molecule is CCc1nn(C)cc1CNC1CCc2c(F)cccc21. The van der Waals surface area contributed by atoms with E-state index in [1.807, 2.05) is 17.8 Å². The van der Waals surface area contributed by atoms with Crippen molar-refractivity contribution < 1.29 is 4.39 Å². The summed E-state index contributed by atoms with van der Waals surface area (Å²) in [4.78, 5) is 0. The molecule has 0 fully saturated rings. The Bertz CT molecular complexity index is 618. The zero-order chi connectivity index (χ0) is 14.1. The van der Waals surface area contributed by atoms with Crippen molar-refractivity contribution in [2.75, 3.05) is 0 Å². The smallest absolute Gasteiger partial charge is 0.126 e. The van der Waals surface area contributed by atoms with Gasteiger partial charge in [-0.1, -0.05) is 19.1 Å². The van der Waals surface area contributed by atoms with Crippen molar-refractivity contribution in [1.82, 2.24) is 15.1 Å². The Kier molecular flexibility index (Phi) is 3.57. The van der Waals surface area contributed by atoms with Crippen LogP contribution in [0, 0.1) is 5.82 Å². The van der Waals surface area contributed by atoms with E-state index in [4.69, 9.17) is 0 Å². The quantitative estimate of drug-likeness (QED) is 0.928. The van der Waals surface area contributed by atoms with Crippen LogP contribution in [-0.4, -0.2) is 9.78 Å². The molecule has 4 heteroatoms. The summed E-state index contributed by atoms with van der Waals surface area (Å²) in [6.07, 6.45) is 4.80. The molecule has 1 N–H and O–H groups in total. The minimum Gasteiger partial charge on any atom is -0.306 e. The Morgan fingerprint density at radius 2 is 2.30 bits per heavy atom. The third kappa shape index (κ3) is 2.36. The van der Waals surface area contributed by atoms with E-state index in [9.17, 15) is 4.39 Å². The van der Waals surface area contributed by atoms with Gasteiger partial charge in [-0.2, -0.15) is 5.10 Å². The van der Waals surface area contributed by atoms with Crippen LogP contribution in [-0.2, 0) is 26.4 Å². The monoisotopic (exact) mass is 273 g/mol. The maximum atomic E-state index is 13.7. The predicted molar refractivity (Wildman–Crippen MR) is 76.9 cm³/mol. The van der Waals surface area contributed by atoms with Crippen LogP contribution in [0.2, 0.25) is 0 Å². The molecule has 2 aromatic rings. The fraction of sp³-hybridized carbons (Fsp3) is 0.438. The number of rotatable bonds is 4. The Hall–Kier alpha value is -1.68. The van der Waals surface area contributed by atoms with Gasteiger partial charge in [0.15, 0.2) is 0 Å². The molecular weight excluding hydrogens is 253 g/mol. The number of benzene rings is 1. The van der Waals surface area contributed by atoms with Crippen LogP contribution in [0.1, 0.15) is 41.8 Å². The van der Waals surface area contributed by atoms with Crippen LogP contribution >= 0.6 is 0 Å². The van der Waals surface area contributed by atoms with Gasteiger partial charge in [0.25, 0.3) is 0 Å². The summed E-state index contributed by atoms with van der Waals surface area (Å²) in [7, 11) is 1.95. The van der Waals surface area contributed by atoms with E-state index in [0.717, 1.165) is 42.6 Å². The van der Waals surface area contributed by atoms with Crippen molar-refractivity contribution in [3.05, 3.63) is 52.6 Å². The number of fused-ring (bicyclic) bond motifs is 1. The zero-order valence-corrected chi connectivity index (χ0v) is 12.0. The van der Waals surface area contributed by atoms with Crippen molar-refractivity contribution in [2.24, 2.45) is 7.05 Å². The maximum absolute atomic E-state index is 13.7. The minimum atomic E-state index is -0.0672. The van der Waals surface area contributed by atoms with Gasteiger partial charge in [-0.3, -0.25) is 4.68 Å². The fourth-order valence-corrected chi connectivity index (χ4v) is 3.08. The van der Waals surface area contributed by atoms with Gasteiger partial charge in [0, 0.05) is 31.4 Å². The van der Waals surface area contributed by atoms with Crippen LogP contribution in [0.4, 0.5) is 4.39 Å². The lowest BCUT2D eigenvalue weighted by Crippen LogP contribution is -2.19. The van der Waals surface area contributed by atoms with Crippen molar-refractivity contribution >= 4 is 0 Å². The maximum Gasteiger partial charge on any atom is 0.126 e. The van der Waals surface area contributed by atoms with Crippen LogP contribution < -0.4 is 5.32 Å². The highest BCUT2D eigenvalue weighted by Gasteiger charge is 2.24. The first-order chi connectivity index (χ1) is 9.69. The molecule has 20 heavy (non-hydrogen) atoms. The second-order valence-electron chi connectivity index (χ2n) is 5.41. The Morgan fingerprint density at radius 1 is 1.45 bits per heavy atom. The average molecular weight is 273 g/mol. The normalized spacial score (nSPS) is 17.4. The van der Waals surface area contributed by atoms with Gasteiger partial charge in [0.2, 0.25) is 0 Å². The van der Waals surface area contributed by atoms with Gasteiger partial charge in [-0.25, -0.2) is 4.39 Å². The van der Waals surface area contributed by atoms with E-state index >= 15 is 0 Å². The van der Waals surface area contributed by atoms with Crippen molar-refractivity contribution in [2.45, 2.75) is 38.8 Å². The molecule has 0 saturated heterocycles. The first-order valence-electron chi connectivity index (χ1n) is 7.21. The summed E-state index contributed by atoms with van der Waals surface area (Å²) in [5.41, 5.74) is 4.37. The third-order valence-electron chi connectivity index (χ3n) is 4.08. The van der Waals surface area contributed by atoms with Crippen LogP contribution in [0.25, 0.3) is 0 Å². The summed E-state index contributed by atoms with van der Waals surface area (Å²) >= 11 is 0. The lowest BCUT2D eigenvalue weighted by molar-refractivity contribution is 0.528. The molecule has 1 aromatic carbocycles. The summed E-state index contributed by atoms with van der Waals surface area (Å²) in [5, 5.41) is 8.00. The zero-order valence-electron chi connectivity index (χ0n) is 12.0. The van der Waals surface area contributed by atoms with E-state index in [-0.39, 0.29) is 11.9 Å². The molecule has 1 aromatic heterocycles. The molecule has 0 saturated carbocycles. The lowest BCUT2D eigenvalue weighted by atomic mass is 10.1. The molecule has 1 heterocycles. The van der Waals surface area contributed by atoms with Crippen molar-refractivity contribution in [1.29, 1.82) is 0 Å². The number of aromatic nitrogens is 2. The second-order valence-corrected chi connectivity index (χ2v) is 5.41. The number of hydrogen-bond donors (Lipinski definition) is 1. The Labute approximate surface area is 118 Å². The molecule has 1 aliphatic carbocycles. The molecule has 3 rings (SSSR count). The fourth-order valence-electron chi connectivity index (χ4n) is 3.08. The van der Waals surface area contributed by atoms with E-state index in [2.05, 4.69) is 23.5 Å². The molecular formula is C16H20FN3. The second kappa shape index (κ2) is 5.37. The molecule has 0 spiro atoms. The van der Waals surface area contributed by atoms with Crippen molar-refractivity contribution in [3.63, 3.8) is 0 Å². The average Bonchev–Trinajstić information content (AvgIpc) is 3.00. The topological polar surface area (TPSA) is 29.9 Å². The number of nitrogens with one attached hydrogen (secondary N) is 1. The number of hydrogen-bond acceptors (Lipinski definition) is 2. The van der Waals surface area contributed by atoms with E-state index in [1.165, 1.54) is 5.56 Å². The van der Waals surface area contributed by atoms with Gasteiger partial charge in [-0.15, -0.1) is 0 Å². The minimum absolute atomic E-state index is 0.0672. The van der Waals surface area contributed by atoms with Gasteiger partial charge in [0.05, 0.1) is 5.69 Å². The Balaban J connectivity index is 1.73. The first kappa shape index (κ1) is 13.3. The van der Waals surface area contributed by atoms with Crippen molar-refractivity contribution in [3.8, 4) is 0 Å². The molecule has 0 radical (unpaired) electrons. The standard InChI is InChI=1S/C16H20FN3/c1-3-15-11(10-20(2)19-15)9-18-16-8-7-12-13(16)5-4-6-14(12)17/h4-6,10,16,18H,3,7-9H2,1-2H3. The third-order valence-corrected chi connectivity index (χ3v) is 4.08. The Morgan fingerprint density at radius 3 is 3.10 bits per heavy atom. The molecule has 0 amide bonds. The predicted octanol–water partition coefficient (Wildman–Crippen LogP) is 2.90. The molecule has 1 atom stereocenters. The summed E-state index contributed by atoms with van der Waals surface area (Å²) in [6.45, 7) is 2.91. The highest BCUT2D eigenvalue weighted by atomic mass is 19.1. The van der Waals surface area contributed by atoms with Crippen LogP contribution in [0.3, 0.4) is 0 Å². The largest absolute Gasteiger partial charge is 0.306 e. The summed E-state index contributed by atoms with van der Waals surface area (Å²) < 4.78 is 15.6. The van der Waals surface area contributed by atoms with Gasteiger partial charge >= 0.3 is 0 Å². The first-order valence-corrected chi connectivity index (χ1v) is 7.21. The van der Waals surface area contributed by atoms with Crippen LogP contribution in [0.15, 0.2) is 24.4 Å². The molecule has 1 aliphatic rings. The van der Waals surface area contributed by atoms with Gasteiger partial charge < -0.3 is 5.32 Å². The highest BCUT2D eigenvalue weighted by Crippen LogP contribution is 2.32. The molecule has 0 aliphatic heterocycles. The molecule has 0 bridgehead atoms. The van der Waals surface area contributed by atoms with E-state index in [0.29, 0.717) is 0 Å². The summed E-state index contributed by atoms with van der Waals surface area (Å²) in [5.74, 6) is -0.0672. The van der Waals surface area contributed by atoms with Gasteiger partial charge in [-0.05, 0) is 36.5 Å². The summed E-state index contributed by atoms with van der Waals surface area (Å²) in [6, 6.07) is 5.64. The number of halogens is 1. The van der Waals surface area contributed by atoms with Gasteiger partial charge in [0.1, 0.15) is 5.82 Å². The lowest BCUT2D eigenvalue weighted by Gasteiger charge is -2.14. The molecule has 3 nitrogen and oxygen atoms in total. The highest BCUT2D eigenvalue weighted by molar-refractivity contribution is 5.35. The number of aryl methyl sites for hydroxylation is 2. The van der Waals surface area contributed by atoms with Crippen LogP contribution in [0.5, 0.6) is 0 Å². The number of nitrogens with zero attached hydrogens (tertiary/aromatic N) is 2. The molecule has 1 unspecified atom stereocenters. The molecule has 106 valence electrons. The van der Waals surface area contributed by atoms with E-state index < -0.39 is 0 Å². The van der Waals surface area contributed by atoms with E-state index in [1.54, 1.807) is 12.1 Å².